The van der Waals surface area contributed by atoms with Gasteiger partial charge in [0.1, 0.15) is 0 Å². The Kier molecular flexibility index (Phi) is 5.46. The second-order valence-corrected chi connectivity index (χ2v) is 6.44. The highest BCUT2D eigenvalue weighted by Gasteiger charge is 2.35. The van der Waals surface area contributed by atoms with E-state index in [1.54, 1.807) is 11.0 Å². The first-order valence-corrected chi connectivity index (χ1v) is 8.17. The summed E-state index contributed by atoms with van der Waals surface area (Å²) in [5.74, 6) is -0.342. The van der Waals surface area contributed by atoms with Crippen LogP contribution in [-0.2, 0) is 9.59 Å². The summed E-state index contributed by atoms with van der Waals surface area (Å²) in [5.41, 5.74) is 1.73. The van der Waals surface area contributed by atoms with Gasteiger partial charge >= 0.3 is 0 Å². The number of amides is 2. The summed E-state index contributed by atoms with van der Waals surface area (Å²) >= 11 is 6.13. The number of nitrogens with zero attached hydrogens (tertiary/aromatic N) is 1. The van der Waals surface area contributed by atoms with Gasteiger partial charge in [-0.1, -0.05) is 31.0 Å². The Balaban J connectivity index is 2.04. The van der Waals surface area contributed by atoms with E-state index in [1.165, 1.54) is 0 Å². The van der Waals surface area contributed by atoms with Gasteiger partial charge < -0.3 is 10.2 Å². The smallest absolute Gasteiger partial charge is 0.227 e. The first-order chi connectivity index (χ1) is 10.4. The largest absolute Gasteiger partial charge is 0.353 e. The minimum Gasteiger partial charge on any atom is -0.353 e. The summed E-state index contributed by atoms with van der Waals surface area (Å²) in [6.07, 6.45) is 2.24. The van der Waals surface area contributed by atoms with E-state index >= 15 is 0 Å². The van der Waals surface area contributed by atoms with Crippen LogP contribution in [0.15, 0.2) is 18.2 Å². The lowest BCUT2D eigenvalue weighted by molar-refractivity contribution is -0.126. The Hall–Kier alpha value is -1.55. The Labute approximate surface area is 136 Å². The van der Waals surface area contributed by atoms with Gasteiger partial charge in [0.2, 0.25) is 11.8 Å². The van der Waals surface area contributed by atoms with Crippen molar-refractivity contribution in [3.05, 3.63) is 28.8 Å². The number of nitrogens with one attached hydrogen (secondary N) is 1. The molecule has 1 heterocycles. The number of carbonyl (C=O) groups excluding carboxylic acids is 2. The lowest BCUT2D eigenvalue weighted by Gasteiger charge is -2.19. The predicted molar refractivity (Wildman–Crippen MR) is 89.2 cm³/mol. The highest BCUT2D eigenvalue weighted by atomic mass is 35.5. The topological polar surface area (TPSA) is 49.4 Å². The number of aryl methyl sites for hydroxylation is 1. The molecule has 2 amide bonds. The summed E-state index contributed by atoms with van der Waals surface area (Å²) in [7, 11) is 0. The predicted octanol–water partition coefficient (Wildman–Crippen LogP) is 3.31. The highest BCUT2D eigenvalue weighted by molar-refractivity contribution is 6.31. The summed E-state index contributed by atoms with van der Waals surface area (Å²) in [6, 6.07) is 5.70. The van der Waals surface area contributed by atoms with Crippen LogP contribution in [0, 0.1) is 12.8 Å². The summed E-state index contributed by atoms with van der Waals surface area (Å²) in [4.78, 5) is 26.1. The molecular formula is C17H23ClN2O2. The van der Waals surface area contributed by atoms with Crippen molar-refractivity contribution in [1.82, 2.24) is 5.32 Å². The molecule has 2 atom stereocenters. The molecule has 1 aromatic carbocycles. The van der Waals surface area contributed by atoms with Crippen LogP contribution in [0.4, 0.5) is 5.69 Å². The molecule has 1 N–H and O–H groups in total. The van der Waals surface area contributed by atoms with Crippen LogP contribution in [-0.4, -0.2) is 24.4 Å². The third-order valence-corrected chi connectivity index (χ3v) is 4.48. The Bertz CT molecular complexity index is 574. The summed E-state index contributed by atoms with van der Waals surface area (Å²) in [5, 5.41) is 3.63. The van der Waals surface area contributed by atoms with Crippen molar-refractivity contribution in [3.63, 3.8) is 0 Å². The lowest BCUT2D eigenvalue weighted by atomic mass is 10.1. The van der Waals surface area contributed by atoms with Crippen molar-refractivity contribution in [1.29, 1.82) is 0 Å². The molecule has 120 valence electrons. The van der Waals surface area contributed by atoms with E-state index in [0.717, 1.165) is 24.1 Å². The zero-order chi connectivity index (χ0) is 16.3. The minimum atomic E-state index is -0.285. The third-order valence-electron chi connectivity index (χ3n) is 4.07. The van der Waals surface area contributed by atoms with E-state index in [4.69, 9.17) is 11.6 Å². The maximum absolute atomic E-state index is 12.3. The molecule has 0 spiro atoms. The fourth-order valence-electron chi connectivity index (χ4n) is 2.75. The number of benzene rings is 1. The van der Waals surface area contributed by atoms with E-state index in [1.807, 2.05) is 26.0 Å². The van der Waals surface area contributed by atoms with Gasteiger partial charge in [-0.2, -0.15) is 0 Å². The molecule has 1 fully saturated rings. The van der Waals surface area contributed by atoms with Gasteiger partial charge in [-0.25, -0.2) is 0 Å². The van der Waals surface area contributed by atoms with E-state index in [-0.39, 0.29) is 30.2 Å². The standard InChI is InChI=1S/C17H23ClN2O2/c1-4-5-12(3)19-17(22)13-8-16(21)20(10-13)14-7-6-11(2)15(18)9-14/h6-7,9,12-13H,4-5,8,10H2,1-3H3,(H,19,22)/t12-,13+/m1/s1. The second kappa shape index (κ2) is 7.14. The average molecular weight is 323 g/mol. The zero-order valence-electron chi connectivity index (χ0n) is 13.4. The van der Waals surface area contributed by atoms with Crippen LogP contribution in [0.1, 0.15) is 38.7 Å². The molecule has 1 saturated heterocycles. The molecule has 2 rings (SSSR count). The maximum Gasteiger partial charge on any atom is 0.227 e. The van der Waals surface area contributed by atoms with Crippen LogP contribution in [0.3, 0.4) is 0 Å². The maximum atomic E-state index is 12.3. The van der Waals surface area contributed by atoms with Crippen molar-refractivity contribution < 1.29 is 9.59 Å². The van der Waals surface area contributed by atoms with Crippen LogP contribution >= 0.6 is 11.6 Å². The average Bonchev–Trinajstić information content (AvgIpc) is 2.84. The van der Waals surface area contributed by atoms with Crippen molar-refractivity contribution in [2.45, 2.75) is 46.1 Å². The van der Waals surface area contributed by atoms with E-state index in [9.17, 15) is 9.59 Å². The third kappa shape index (κ3) is 3.80. The monoisotopic (exact) mass is 322 g/mol. The zero-order valence-corrected chi connectivity index (χ0v) is 14.1. The molecule has 0 saturated carbocycles. The SMILES string of the molecule is CCC[C@@H](C)NC(=O)[C@H]1CC(=O)N(c2ccc(C)c(Cl)c2)C1. The molecule has 0 radical (unpaired) electrons. The van der Waals surface area contributed by atoms with E-state index in [0.29, 0.717) is 11.6 Å². The number of rotatable bonds is 5. The summed E-state index contributed by atoms with van der Waals surface area (Å²) < 4.78 is 0. The van der Waals surface area contributed by atoms with Gasteiger partial charge in [0, 0.05) is 29.7 Å². The first kappa shape index (κ1) is 16.8. The molecule has 1 aromatic rings. The van der Waals surface area contributed by atoms with E-state index < -0.39 is 0 Å². The normalized spacial score (nSPS) is 19.4. The molecular weight excluding hydrogens is 300 g/mol. The minimum absolute atomic E-state index is 0.0248. The molecule has 1 aliphatic rings. The molecule has 4 nitrogen and oxygen atoms in total. The lowest BCUT2D eigenvalue weighted by Crippen LogP contribution is -2.38. The van der Waals surface area contributed by atoms with Gasteiger partial charge in [0.05, 0.1) is 5.92 Å². The Morgan fingerprint density at radius 1 is 1.50 bits per heavy atom. The molecule has 0 bridgehead atoms. The van der Waals surface area contributed by atoms with Crippen LogP contribution < -0.4 is 10.2 Å². The van der Waals surface area contributed by atoms with Gasteiger partial charge in [0.15, 0.2) is 0 Å². The highest BCUT2D eigenvalue weighted by Crippen LogP contribution is 2.28. The molecule has 22 heavy (non-hydrogen) atoms. The van der Waals surface area contributed by atoms with Crippen molar-refractivity contribution in [2.75, 3.05) is 11.4 Å². The van der Waals surface area contributed by atoms with Crippen LogP contribution in [0.25, 0.3) is 0 Å². The number of halogens is 1. The molecule has 0 aromatic heterocycles. The number of hydrogen-bond acceptors (Lipinski definition) is 2. The number of hydrogen-bond donors (Lipinski definition) is 1. The van der Waals surface area contributed by atoms with Gasteiger partial charge in [-0.15, -0.1) is 0 Å². The van der Waals surface area contributed by atoms with Crippen LogP contribution in [0.5, 0.6) is 0 Å². The molecule has 1 aliphatic heterocycles. The van der Waals surface area contributed by atoms with Gasteiger partial charge in [-0.05, 0) is 38.0 Å². The van der Waals surface area contributed by atoms with Crippen molar-refractivity contribution in [3.8, 4) is 0 Å². The van der Waals surface area contributed by atoms with Gasteiger partial charge in [-0.3, -0.25) is 9.59 Å². The molecule has 0 unspecified atom stereocenters. The Morgan fingerprint density at radius 2 is 2.23 bits per heavy atom. The quantitative estimate of drug-likeness (QED) is 0.904. The molecule has 0 aliphatic carbocycles. The number of anilines is 1. The summed E-state index contributed by atoms with van der Waals surface area (Å²) in [6.45, 7) is 6.42. The number of carbonyl (C=O) groups is 2. The van der Waals surface area contributed by atoms with Crippen molar-refractivity contribution >= 4 is 29.1 Å². The van der Waals surface area contributed by atoms with Gasteiger partial charge in [0.25, 0.3) is 0 Å². The fraction of sp³-hybridized carbons (Fsp3) is 0.529. The molecule has 5 heteroatoms. The van der Waals surface area contributed by atoms with E-state index in [2.05, 4.69) is 12.2 Å². The first-order valence-electron chi connectivity index (χ1n) is 7.79. The Morgan fingerprint density at radius 3 is 2.86 bits per heavy atom. The van der Waals surface area contributed by atoms with Crippen molar-refractivity contribution in [2.24, 2.45) is 5.92 Å². The van der Waals surface area contributed by atoms with Crippen LogP contribution in [0.2, 0.25) is 5.02 Å². The second-order valence-electron chi connectivity index (χ2n) is 6.04. The fourth-order valence-corrected chi connectivity index (χ4v) is 2.92.